The minimum Gasteiger partial charge on any atom is -0.462 e. The van der Waals surface area contributed by atoms with Crippen LogP contribution < -0.4 is 0 Å². The number of allylic oxidation sites excluding steroid dienone is 2. The molecule has 1 N–H and O–H groups in total. The zero-order chi connectivity index (χ0) is 66.2. The van der Waals surface area contributed by atoms with Crippen molar-refractivity contribution >= 4 is 19.8 Å². The van der Waals surface area contributed by atoms with Gasteiger partial charge in [-0.2, -0.15) is 0 Å². The highest BCUT2D eigenvalue weighted by molar-refractivity contribution is 7.47. The Morgan fingerprint density at radius 2 is 0.560 bits per heavy atom. The summed E-state index contributed by atoms with van der Waals surface area (Å²) in [6, 6.07) is 0. The predicted molar refractivity (Wildman–Crippen MR) is 395 cm³/mol. The van der Waals surface area contributed by atoms with Gasteiger partial charge in [-0.1, -0.05) is 405 Å². The van der Waals surface area contributed by atoms with Crippen LogP contribution in [0.15, 0.2) is 12.2 Å². The van der Waals surface area contributed by atoms with Crippen molar-refractivity contribution in [1.29, 1.82) is 0 Å². The van der Waals surface area contributed by atoms with Crippen molar-refractivity contribution in [2.24, 2.45) is 0 Å². The quantitative estimate of drug-likeness (QED) is 0.0211. The molecular formula is C81H161NO8P+. The number of nitrogens with zero attached hydrogens (tertiary/aromatic N) is 1. The summed E-state index contributed by atoms with van der Waals surface area (Å²) in [7, 11) is 1.51. The Morgan fingerprint density at radius 3 is 0.813 bits per heavy atom. The van der Waals surface area contributed by atoms with Gasteiger partial charge in [0.1, 0.15) is 19.8 Å². The van der Waals surface area contributed by atoms with Crippen molar-refractivity contribution < 1.29 is 42.1 Å². The maximum absolute atomic E-state index is 12.9. The van der Waals surface area contributed by atoms with E-state index in [0.717, 1.165) is 32.1 Å². The second kappa shape index (κ2) is 73.0. The van der Waals surface area contributed by atoms with Crippen LogP contribution in [0.1, 0.15) is 444 Å². The molecule has 0 radical (unpaired) electrons. The van der Waals surface area contributed by atoms with E-state index >= 15 is 0 Å². The van der Waals surface area contributed by atoms with Crippen molar-refractivity contribution in [3.8, 4) is 0 Å². The molecule has 0 aromatic heterocycles. The average Bonchev–Trinajstić information content (AvgIpc) is 3.74. The molecule has 2 atom stereocenters. The lowest BCUT2D eigenvalue weighted by Gasteiger charge is -2.24. The van der Waals surface area contributed by atoms with E-state index in [1.165, 1.54) is 379 Å². The predicted octanol–water partition coefficient (Wildman–Crippen LogP) is 27.0. The Hall–Kier alpha value is -1.25. The van der Waals surface area contributed by atoms with Gasteiger partial charge in [0.25, 0.3) is 0 Å². The Bertz CT molecular complexity index is 1540. The Labute approximate surface area is 568 Å². The second-order valence-corrected chi connectivity index (χ2v) is 31.0. The van der Waals surface area contributed by atoms with Gasteiger partial charge in [0.05, 0.1) is 27.7 Å². The maximum atomic E-state index is 12.9. The van der Waals surface area contributed by atoms with Crippen molar-refractivity contribution in [3.05, 3.63) is 12.2 Å². The van der Waals surface area contributed by atoms with Gasteiger partial charge in [-0.3, -0.25) is 18.6 Å². The molecule has 0 aromatic carbocycles. The largest absolute Gasteiger partial charge is 0.472 e. The number of hydrogen-bond donors (Lipinski definition) is 1. The lowest BCUT2D eigenvalue weighted by molar-refractivity contribution is -0.870. The lowest BCUT2D eigenvalue weighted by atomic mass is 10.0. The number of ether oxygens (including phenoxy) is 2. The summed E-state index contributed by atoms with van der Waals surface area (Å²) in [5.41, 5.74) is 0. The van der Waals surface area contributed by atoms with Crippen LogP contribution in [0.3, 0.4) is 0 Å². The number of carbonyl (C=O) groups excluding carboxylic acids is 2. The average molecular weight is 1310 g/mol. The Morgan fingerprint density at radius 1 is 0.330 bits per heavy atom. The van der Waals surface area contributed by atoms with E-state index < -0.39 is 26.5 Å². The highest BCUT2D eigenvalue weighted by Crippen LogP contribution is 2.43. The molecular weight excluding hydrogens is 1150 g/mol. The normalized spacial score (nSPS) is 13.0. The smallest absolute Gasteiger partial charge is 0.462 e. The minimum absolute atomic E-state index is 0.0364. The number of rotatable bonds is 78. The van der Waals surface area contributed by atoms with Gasteiger partial charge in [0.2, 0.25) is 0 Å². The molecule has 0 rings (SSSR count). The van der Waals surface area contributed by atoms with Gasteiger partial charge in [0, 0.05) is 12.8 Å². The molecule has 0 aliphatic heterocycles. The SMILES string of the molecule is CCCCCCCCCCC=CCCCCCCCCCCCCCCCCCC(=O)OC(COC(=O)CCCCCCCCCCCCCCCCCCCCCCCCCCCCCCCCCCCCCCCCCC)COP(=O)(O)OCC[N+](C)(C)C. The van der Waals surface area contributed by atoms with Crippen LogP contribution in [-0.2, 0) is 32.7 Å². The summed E-state index contributed by atoms with van der Waals surface area (Å²) in [5.74, 6) is -0.768. The van der Waals surface area contributed by atoms with Crippen LogP contribution in [0.5, 0.6) is 0 Å². The number of unbranched alkanes of at least 4 members (excludes halogenated alkanes) is 62. The van der Waals surface area contributed by atoms with Gasteiger partial charge in [-0.25, -0.2) is 4.57 Å². The van der Waals surface area contributed by atoms with Gasteiger partial charge in [-0.15, -0.1) is 0 Å². The first-order valence-electron chi connectivity index (χ1n) is 40.9. The van der Waals surface area contributed by atoms with E-state index in [1.807, 2.05) is 21.1 Å². The number of phosphoric acid groups is 1. The summed E-state index contributed by atoms with van der Waals surface area (Å²) < 4.78 is 34.8. The van der Waals surface area contributed by atoms with Crippen LogP contribution in [0.4, 0.5) is 0 Å². The topological polar surface area (TPSA) is 108 Å². The molecule has 0 amide bonds. The third kappa shape index (κ3) is 77.6. The third-order valence-electron chi connectivity index (χ3n) is 19.0. The number of carbonyl (C=O) groups is 2. The van der Waals surface area contributed by atoms with E-state index in [2.05, 4.69) is 26.0 Å². The number of hydrogen-bond acceptors (Lipinski definition) is 7. The molecule has 0 spiro atoms. The molecule has 0 saturated heterocycles. The molecule has 0 aromatic rings. The van der Waals surface area contributed by atoms with Gasteiger partial charge < -0.3 is 18.9 Å². The molecule has 0 aliphatic carbocycles. The van der Waals surface area contributed by atoms with Crippen molar-refractivity contribution in [2.45, 2.75) is 450 Å². The fourth-order valence-electron chi connectivity index (χ4n) is 12.8. The molecule has 0 heterocycles. The Balaban J connectivity index is 3.85. The molecule has 2 unspecified atom stereocenters. The van der Waals surface area contributed by atoms with Crippen LogP contribution in [0.25, 0.3) is 0 Å². The molecule has 0 fully saturated rings. The van der Waals surface area contributed by atoms with Crippen LogP contribution in [0.2, 0.25) is 0 Å². The van der Waals surface area contributed by atoms with Crippen molar-refractivity contribution in [1.82, 2.24) is 0 Å². The first kappa shape index (κ1) is 89.8. The van der Waals surface area contributed by atoms with E-state index in [-0.39, 0.29) is 25.6 Å². The molecule has 0 aliphatic rings. The minimum atomic E-state index is -4.39. The highest BCUT2D eigenvalue weighted by Gasteiger charge is 2.27. The first-order chi connectivity index (χ1) is 44.5. The summed E-state index contributed by atoms with van der Waals surface area (Å²) in [6.07, 6.45) is 92.4. The first-order valence-corrected chi connectivity index (χ1v) is 42.4. The monoisotopic (exact) mass is 1310 g/mol. The highest BCUT2D eigenvalue weighted by atomic mass is 31.2. The van der Waals surface area contributed by atoms with Gasteiger partial charge >= 0.3 is 19.8 Å². The number of esters is 2. The third-order valence-corrected chi connectivity index (χ3v) is 20.0. The molecule has 91 heavy (non-hydrogen) atoms. The zero-order valence-electron chi connectivity index (χ0n) is 62.1. The number of quaternary nitrogens is 1. The fraction of sp³-hybridized carbons (Fsp3) is 0.951. The van der Waals surface area contributed by atoms with E-state index in [1.54, 1.807) is 0 Å². The van der Waals surface area contributed by atoms with Crippen LogP contribution >= 0.6 is 7.82 Å². The van der Waals surface area contributed by atoms with Crippen molar-refractivity contribution in [2.75, 3.05) is 47.5 Å². The van der Waals surface area contributed by atoms with E-state index in [9.17, 15) is 19.0 Å². The summed E-state index contributed by atoms with van der Waals surface area (Å²) in [6.45, 7) is 4.53. The number of likely N-dealkylation sites (N-methyl/N-ethyl adjacent to an activating group) is 1. The fourth-order valence-corrected chi connectivity index (χ4v) is 13.5. The number of phosphoric ester groups is 1. The summed E-state index contributed by atoms with van der Waals surface area (Å²) in [4.78, 5) is 36.0. The van der Waals surface area contributed by atoms with Gasteiger partial charge in [0.15, 0.2) is 6.10 Å². The Kier molecular flexibility index (Phi) is 72.0. The molecule has 0 saturated carbocycles. The van der Waals surface area contributed by atoms with Crippen LogP contribution in [0, 0.1) is 0 Å². The van der Waals surface area contributed by atoms with Crippen molar-refractivity contribution in [3.63, 3.8) is 0 Å². The van der Waals surface area contributed by atoms with E-state index in [4.69, 9.17) is 18.5 Å². The molecule has 9 nitrogen and oxygen atoms in total. The molecule has 10 heteroatoms. The van der Waals surface area contributed by atoms with Crippen LogP contribution in [-0.4, -0.2) is 74.9 Å². The van der Waals surface area contributed by atoms with E-state index in [0.29, 0.717) is 23.9 Å². The maximum Gasteiger partial charge on any atom is 0.472 e. The standard InChI is InChI=1S/C81H160NO8P/c1-6-8-10-12-14-16-18-20-22-24-26-28-30-32-34-35-36-37-38-39-40-41-42-43-44-45-46-48-49-51-53-55-57-59-61-63-65-67-69-71-73-80(83)87-77-79(78-89-91(85,86)88-76-75-82(3,4)5)90-81(84)74-72-70-68-66-64-62-60-58-56-54-52-50-47-33-31-29-27-25-23-21-19-17-15-13-11-9-7-2/h25,27,79H,6-24,26,28-78H2,1-5H3/p+1. The van der Waals surface area contributed by atoms with Gasteiger partial charge in [-0.05, 0) is 38.5 Å². The summed E-state index contributed by atoms with van der Waals surface area (Å²) in [5, 5.41) is 0. The zero-order valence-corrected chi connectivity index (χ0v) is 63.0. The second-order valence-electron chi connectivity index (χ2n) is 29.5. The lowest BCUT2D eigenvalue weighted by Crippen LogP contribution is -2.37. The summed E-state index contributed by atoms with van der Waals surface area (Å²) >= 11 is 0. The molecule has 542 valence electrons. The molecule has 0 bridgehead atoms.